The molecule has 1 aliphatic heterocycles. The van der Waals surface area contributed by atoms with Gasteiger partial charge < -0.3 is 19.5 Å². The quantitative estimate of drug-likeness (QED) is 0.507. The fourth-order valence-electron chi connectivity index (χ4n) is 4.56. The molecular formula is C25H44NO3+. The van der Waals surface area contributed by atoms with Crippen LogP contribution in [-0.2, 0) is 11.3 Å². The Hall–Kier alpha value is -1.26. The molecule has 0 radical (unpaired) electrons. The summed E-state index contributed by atoms with van der Waals surface area (Å²) in [6.45, 7) is 14.9. The first-order chi connectivity index (χ1) is 13.8. The Labute approximate surface area is 178 Å². The molecule has 0 saturated carbocycles. The number of benzene rings is 1. The van der Waals surface area contributed by atoms with Gasteiger partial charge in [0.15, 0.2) is 11.5 Å². The molecule has 1 heterocycles. The summed E-state index contributed by atoms with van der Waals surface area (Å²) in [4.78, 5) is 0. The molecule has 2 atom stereocenters. The minimum absolute atomic E-state index is 0.0432. The highest BCUT2D eigenvalue weighted by Crippen LogP contribution is 2.37. The summed E-state index contributed by atoms with van der Waals surface area (Å²) in [6, 6.07) is 6.29. The minimum Gasteiger partial charge on any atom is -0.493 e. The number of nitrogens with two attached hydrogens (primary N) is 1. The van der Waals surface area contributed by atoms with Crippen molar-refractivity contribution < 1.29 is 19.5 Å². The lowest BCUT2D eigenvalue weighted by Crippen LogP contribution is -2.82. The lowest BCUT2D eigenvalue weighted by Gasteiger charge is -2.39. The second-order valence-corrected chi connectivity index (χ2v) is 9.58. The number of ether oxygens (including phenoxy) is 3. The number of quaternary nitrogens is 1. The van der Waals surface area contributed by atoms with E-state index in [0.29, 0.717) is 6.61 Å². The minimum atomic E-state index is 0.0432. The Balaban J connectivity index is 1.87. The third-order valence-electron chi connectivity index (χ3n) is 6.17. The Bertz CT molecular complexity index is 600. The van der Waals surface area contributed by atoms with Crippen LogP contribution in [-0.4, -0.2) is 32.5 Å². The van der Waals surface area contributed by atoms with Crippen molar-refractivity contribution in [1.29, 1.82) is 0 Å². The summed E-state index contributed by atoms with van der Waals surface area (Å²) in [7, 11) is 1.71. The predicted octanol–water partition coefficient (Wildman–Crippen LogP) is 4.81. The second-order valence-electron chi connectivity index (χ2n) is 9.58. The Morgan fingerprint density at radius 3 is 2.62 bits per heavy atom. The summed E-state index contributed by atoms with van der Waals surface area (Å²) in [6.07, 6.45) is 6.40. The van der Waals surface area contributed by atoms with Crippen LogP contribution in [0.15, 0.2) is 18.2 Å². The molecule has 0 bridgehead atoms. The first-order valence-corrected chi connectivity index (χ1v) is 11.6. The van der Waals surface area contributed by atoms with Gasteiger partial charge in [-0.2, -0.15) is 0 Å². The lowest BCUT2D eigenvalue weighted by atomic mass is 9.75. The SMILES string of the molecule is CCOc1ccc(C[NH2+]CC[C@H](CCC(C)C)[C@H]2CCOC(C)(C)C2)cc1OC. The highest BCUT2D eigenvalue weighted by molar-refractivity contribution is 5.42. The molecule has 1 aromatic rings. The molecule has 4 heteroatoms. The van der Waals surface area contributed by atoms with Crippen molar-refractivity contribution in [3.8, 4) is 11.5 Å². The van der Waals surface area contributed by atoms with Crippen LogP contribution >= 0.6 is 0 Å². The van der Waals surface area contributed by atoms with E-state index in [-0.39, 0.29) is 5.60 Å². The Kier molecular flexibility index (Phi) is 9.78. The van der Waals surface area contributed by atoms with Crippen LogP contribution < -0.4 is 14.8 Å². The van der Waals surface area contributed by atoms with Crippen LogP contribution in [0, 0.1) is 17.8 Å². The average Bonchev–Trinajstić information content (AvgIpc) is 2.67. The van der Waals surface area contributed by atoms with Gasteiger partial charge in [0.25, 0.3) is 0 Å². The van der Waals surface area contributed by atoms with Gasteiger partial charge in [-0.25, -0.2) is 0 Å². The topological polar surface area (TPSA) is 44.3 Å². The lowest BCUT2D eigenvalue weighted by molar-refractivity contribution is -0.671. The van der Waals surface area contributed by atoms with Gasteiger partial charge in [0.1, 0.15) is 6.54 Å². The zero-order valence-corrected chi connectivity index (χ0v) is 19.6. The van der Waals surface area contributed by atoms with E-state index in [9.17, 15) is 0 Å². The zero-order chi connectivity index (χ0) is 21.3. The molecule has 0 amide bonds. The van der Waals surface area contributed by atoms with Crippen molar-refractivity contribution in [2.75, 3.05) is 26.9 Å². The van der Waals surface area contributed by atoms with Crippen LogP contribution in [0.4, 0.5) is 0 Å². The molecule has 1 saturated heterocycles. The molecule has 1 aromatic carbocycles. The monoisotopic (exact) mass is 406 g/mol. The summed E-state index contributed by atoms with van der Waals surface area (Å²) in [5, 5.41) is 2.45. The van der Waals surface area contributed by atoms with Crippen LogP contribution in [0.5, 0.6) is 11.5 Å². The molecule has 0 aromatic heterocycles. The molecule has 29 heavy (non-hydrogen) atoms. The maximum Gasteiger partial charge on any atom is 0.161 e. The van der Waals surface area contributed by atoms with Crippen LogP contribution in [0.3, 0.4) is 0 Å². The summed E-state index contributed by atoms with van der Waals surface area (Å²) in [5.41, 5.74) is 1.33. The van der Waals surface area contributed by atoms with Gasteiger partial charge in [0.05, 0.1) is 25.9 Å². The molecule has 0 spiro atoms. The number of hydrogen-bond donors (Lipinski definition) is 1. The number of rotatable bonds is 12. The third-order valence-corrected chi connectivity index (χ3v) is 6.17. The van der Waals surface area contributed by atoms with Crippen LogP contribution in [0.2, 0.25) is 0 Å². The molecule has 166 valence electrons. The summed E-state index contributed by atoms with van der Waals surface area (Å²) < 4.78 is 17.1. The van der Waals surface area contributed by atoms with Gasteiger partial charge in [-0.3, -0.25) is 0 Å². The molecular weight excluding hydrogens is 362 g/mol. The molecule has 4 nitrogen and oxygen atoms in total. The van der Waals surface area contributed by atoms with Gasteiger partial charge in [0, 0.05) is 12.2 Å². The fraction of sp³-hybridized carbons (Fsp3) is 0.760. The second kappa shape index (κ2) is 11.8. The van der Waals surface area contributed by atoms with Gasteiger partial charge in [-0.1, -0.05) is 20.3 Å². The largest absolute Gasteiger partial charge is 0.493 e. The van der Waals surface area contributed by atoms with Crippen LogP contribution in [0.1, 0.15) is 72.3 Å². The molecule has 1 fully saturated rings. The van der Waals surface area contributed by atoms with E-state index in [4.69, 9.17) is 14.2 Å². The van der Waals surface area contributed by atoms with Gasteiger partial charge in [-0.15, -0.1) is 0 Å². The first-order valence-electron chi connectivity index (χ1n) is 11.6. The maximum absolute atomic E-state index is 5.97. The van der Waals surface area contributed by atoms with E-state index in [0.717, 1.165) is 42.4 Å². The molecule has 0 aliphatic carbocycles. The zero-order valence-electron chi connectivity index (χ0n) is 19.6. The van der Waals surface area contributed by atoms with Crippen molar-refractivity contribution in [2.24, 2.45) is 17.8 Å². The van der Waals surface area contributed by atoms with Crippen molar-refractivity contribution in [3.05, 3.63) is 23.8 Å². The smallest absolute Gasteiger partial charge is 0.161 e. The molecule has 0 unspecified atom stereocenters. The summed E-state index contributed by atoms with van der Waals surface area (Å²) >= 11 is 0. The number of methoxy groups -OCH3 is 1. The molecule has 1 aliphatic rings. The van der Waals surface area contributed by atoms with Gasteiger partial charge in [0.2, 0.25) is 0 Å². The standard InChI is InChI=1S/C25H43NO3/c1-7-28-23-11-9-20(16-24(23)27-6)18-26-14-12-21(10-8-19(2)3)22-13-15-29-25(4,5)17-22/h9,11,16,19,21-22,26H,7-8,10,12-15,17-18H2,1-6H3/p+1/t21-,22-/m0/s1. The van der Waals surface area contributed by atoms with Gasteiger partial charge >= 0.3 is 0 Å². The molecule has 2 rings (SSSR count). The fourth-order valence-corrected chi connectivity index (χ4v) is 4.56. The van der Waals surface area contributed by atoms with E-state index in [1.807, 2.05) is 13.0 Å². The van der Waals surface area contributed by atoms with E-state index >= 15 is 0 Å². The normalized spacial score (nSPS) is 19.9. The predicted molar refractivity (Wildman–Crippen MR) is 120 cm³/mol. The van der Waals surface area contributed by atoms with Gasteiger partial charge in [-0.05, 0) is 82.4 Å². The molecule has 2 N–H and O–H groups in total. The Morgan fingerprint density at radius 2 is 1.97 bits per heavy atom. The highest BCUT2D eigenvalue weighted by atomic mass is 16.5. The van der Waals surface area contributed by atoms with Crippen molar-refractivity contribution in [1.82, 2.24) is 0 Å². The third kappa shape index (κ3) is 8.18. The maximum atomic E-state index is 5.97. The average molecular weight is 407 g/mol. The summed E-state index contributed by atoms with van der Waals surface area (Å²) in [5.74, 6) is 4.06. The van der Waals surface area contributed by atoms with E-state index in [2.05, 4.69) is 45.1 Å². The van der Waals surface area contributed by atoms with E-state index < -0.39 is 0 Å². The van der Waals surface area contributed by atoms with Crippen molar-refractivity contribution in [3.63, 3.8) is 0 Å². The first kappa shape index (κ1) is 24.0. The van der Waals surface area contributed by atoms with Crippen LogP contribution in [0.25, 0.3) is 0 Å². The van der Waals surface area contributed by atoms with E-state index in [1.54, 1.807) is 7.11 Å². The number of hydrogen-bond acceptors (Lipinski definition) is 3. The Morgan fingerprint density at radius 1 is 1.17 bits per heavy atom. The van der Waals surface area contributed by atoms with Crippen molar-refractivity contribution >= 4 is 0 Å². The van der Waals surface area contributed by atoms with Crippen molar-refractivity contribution in [2.45, 2.75) is 78.9 Å². The van der Waals surface area contributed by atoms with E-state index in [1.165, 1.54) is 44.2 Å². The highest BCUT2D eigenvalue weighted by Gasteiger charge is 2.33.